The summed E-state index contributed by atoms with van der Waals surface area (Å²) in [6.07, 6.45) is 0.126. The SMILES string of the molecule is CCC(CNC(=O)C(CC)(COC)NC(=O)OCC1c2ccccc2-c2ccccc21)CC(=O)O. The number of carboxylic acid groups (broad SMARTS) is 1. The highest BCUT2D eigenvalue weighted by atomic mass is 16.5. The Morgan fingerprint density at radius 3 is 2.14 bits per heavy atom. The number of alkyl carbamates (subject to hydrolysis) is 1. The minimum absolute atomic E-state index is 0.0417. The summed E-state index contributed by atoms with van der Waals surface area (Å²) >= 11 is 0. The summed E-state index contributed by atoms with van der Waals surface area (Å²) in [7, 11) is 1.45. The molecule has 188 valence electrons. The number of fused-ring (bicyclic) bond motifs is 3. The Morgan fingerprint density at radius 1 is 1.03 bits per heavy atom. The lowest BCUT2D eigenvalue weighted by Crippen LogP contribution is -2.61. The van der Waals surface area contributed by atoms with Gasteiger partial charge in [-0.1, -0.05) is 68.8 Å². The molecule has 2 unspecified atom stereocenters. The van der Waals surface area contributed by atoms with Crippen LogP contribution in [0.3, 0.4) is 0 Å². The van der Waals surface area contributed by atoms with E-state index < -0.39 is 23.5 Å². The van der Waals surface area contributed by atoms with Gasteiger partial charge in [-0.15, -0.1) is 0 Å². The van der Waals surface area contributed by atoms with Crippen LogP contribution in [-0.4, -0.2) is 55.5 Å². The first-order valence-corrected chi connectivity index (χ1v) is 12.0. The molecule has 2 aromatic carbocycles. The van der Waals surface area contributed by atoms with Gasteiger partial charge in [0, 0.05) is 26.0 Å². The number of nitrogens with one attached hydrogen (secondary N) is 2. The Hall–Kier alpha value is -3.39. The van der Waals surface area contributed by atoms with Crippen molar-refractivity contribution in [3.05, 3.63) is 59.7 Å². The minimum atomic E-state index is -1.33. The number of hydrogen-bond donors (Lipinski definition) is 3. The molecule has 8 nitrogen and oxygen atoms in total. The zero-order valence-electron chi connectivity index (χ0n) is 20.5. The first-order valence-electron chi connectivity index (χ1n) is 12.0. The Balaban J connectivity index is 1.68. The van der Waals surface area contributed by atoms with Crippen molar-refractivity contribution in [2.45, 2.75) is 44.6 Å². The van der Waals surface area contributed by atoms with E-state index in [1.54, 1.807) is 6.92 Å². The Morgan fingerprint density at radius 2 is 1.63 bits per heavy atom. The molecular weight excluding hydrogens is 448 g/mol. The van der Waals surface area contributed by atoms with Crippen molar-refractivity contribution in [1.82, 2.24) is 10.6 Å². The Bertz CT molecular complexity index is 1010. The van der Waals surface area contributed by atoms with Gasteiger partial charge in [-0.05, 0) is 34.6 Å². The molecule has 2 aromatic rings. The van der Waals surface area contributed by atoms with Gasteiger partial charge in [-0.2, -0.15) is 0 Å². The molecule has 0 saturated carbocycles. The van der Waals surface area contributed by atoms with Crippen molar-refractivity contribution in [2.24, 2.45) is 5.92 Å². The van der Waals surface area contributed by atoms with Gasteiger partial charge in [0.15, 0.2) is 0 Å². The molecule has 0 saturated heterocycles. The van der Waals surface area contributed by atoms with Crippen LogP contribution in [0.1, 0.15) is 50.2 Å². The summed E-state index contributed by atoms with van der Waals surface area (Å²) in [5.74, 6) is -1.65. The number of ether oxygens (including phenoxy) is 2. The third kappa shape index (κ3) is 6.00. The predicted octanol–water partition coefficient (Wildman–Crippen LogP) is 3.94. The second-order valence-electron chi connectivity index (χ2n) is 8.90. The highest BCUT2D eigenvalue weighted by Gasteiger charge is 2.39. The first kappa shape index (κ1) is 26.2. The molecule has 0 radical (unpaired) electrons. The average Bonchev–Trinajstić information content (AvgIpc) is 3.18. The molecule has 0 bridgehead atoms. The maximum Gasteiger partial charge on any atom is 0.408 e. The molecule has 0 fully saturated rings. The Labute approximate surface area is 206 Å². The van der Waals surface area contributed by atoms with Gasteiger partial charge in [-0.25, -0.2) is 4.79 Å². The van der Waals surface area contributed by atoms with E-state index in [0.29, 0.717) is 6.42 Å². The third-order valence-electron chi connectivity index (χ3n) is 6.71. The number of aliphatic carboxylic acids is 1. The number of amides is 2. The molecular formula is C27H34N2O6. The highest BCUT2D eigenvalue weighted by Crippen LogP contribution is 2.44. The maximum atomic E-state index is 13.1. The number of carbonyl (C=O) groups is 3. The van der Waals surface area contributed by atoms with Crippen molar-refractivity contribution >= 4 is 18.0 Å². The van der Waals surface area contributed by atoms with Crippen molar-refractivity contribution < 1.29 is 29.0 Å². The zero-order valence-corrected chi connectivity index (χ0v) is 20.5. The van der Waals surface area contributed by atoms with Crippen LogP contribution in [0.2, 0.25) is 0 Å². The fourth-order valence-electron chi connectivity index (χ4n) is 4.60. The second-order valence-corrected chi connectivity index (χ2v) is 8.90. The molecule has 0 aliphatic heterocycles. The summed E-state index contributed by atoms with van der Waals surface area (Å²) in [6, 6.07) is 16.1. The lowest BCUT2D eigenvalue weighted by Gasteiger charge is -2.32. The molecule has 3 rings (SSSR count). The molecule has 2 atom stereocenters. The van der Waals surface area contributed by atoms with Gasteiger partial charge < -0.3 is 25.2 Å². The van der Waals surface area contributed by atoms with Crippen molar-refractivity contribution in [3.8, 4) is 11.1 Å². The van der Waals surface area contributed by atoms with Crippen molar-refractivity contribution in [2.75, 3.05) is 26.9 Å². The molecule has 3 N–H and O–H groups in total. The molecule has 0 spiro atoms. The fraction of sp³-hybridized carbons (Fsp3) is 0.444. The minimum Gasteiger partial charge on any atom is -0.481 e. The van der Waals surface area contributed by atoms with Gasteiger partial charge >= 0.3 is 12.1 Å². The van der Waals surface area contributed by atoms with Crippen LogP contribution in [0.5, 0.6) is 0 Å². The summed E-state index contributed by atoms with van der Waals surface area (Å²) in [4.78, 5) is 37.0. The van der Waals surface area contributed by atoms with Crippen LogP contribution < -0.4 is 10.6 Å². The predicted molar refractivity (Wildman–Crippen MR) is 132 cm³/mol. The van der Waals surface area contributed by atoms with E-state index in [-0.39, 0.29) is 44.4 Å². The lowest BCUT2D eigenvalue weighted by molar-refractivity contribution is -0.138. The lowest BCUT2D eigenvalue weighted by atomic mass is 9.95. The first-order chi connectivity index (χ1) is 16.8. The topological polar surface area (TPSA) is 114 Å². The third-order valence-corrected chi connectivity index (χ3v) is 6.71. The number of methoxy groups -OCH3 is 1. The van der Waals surface area contributed by atoms with Crippen LogP contribution in [0.4, 0.5) is 4.79 Å². The molecule has 8 heteroatoms. The largest absolute Gasteiger partial charge is 0.481 e. The van der Waals surface area contributed by atoms with Crippen LogP contribution >= 0.6 is 0 Å². The smallest absolute Gasteiger partial charge is 0.408 e. The van der Waals surface area contributed by atoms with E-state index in [1.807, 2.05) is 43.3 Å². The van der Waals surface area contributed by atoms with E-state index in [0.717, 1.165) is 22.3 Å². The summed E-state index contributed by atoms with van der Waals surface area (Å²) in [5.41, 5.74) is 3.12. The summed E-state index contributed by atoms with van der Waals surface area (Å²) in [6.45, 7) is 3.92. The van der Waals surface area contributed by atoms with E-state index in [4.69, 9.17) is 14.6 Å². The average molecular weight is 483 g/mol. The number of carbonyl (C=O) groups excluding carboxylic acids is 2. The highest BCUT2D eigenvalue weighted by molar-refractivity contribution is 5.90. The van der Waals surface area contributed by atoms with E-state index >= 15 is 0 Å². The number of rotatable bonds is 12. The van der Waals surface area contributed by atoms with E-state index in [1.165, 1.54) is 7.11 Å². The van der Waals surface area contributed by atoms with Gasteiger partial charge in [0.1, 0.15) is 12.1 Å². The van der Waals surface area contributed by atoms with Gasteiger partial charge in [0.05, 0.1) is 6.61 Å². The second kappa shape index (κ2) is 11.8. The number of carboxylic acids is 1. The van der Waals surface area contributed by atoms with Crippen molar-refractivity contribution in [3.63, 3.8) is 0 Å². The summed E-state index contributed by atoms with van der Waals surface area (Å²) in [5, 5.41) is 14.6. The van der Waals surface area contributed by atoms with Crippen LogP contribution in [-0.2, 0) is 19.1 Å². The molecule has 2 amide bonds. The maximum absolute atomic E-state index is 13.1. The standard InChI is InChI=1S/C27H34N2O6/c1-4-18(14-24(30)31)15-28-25(32)27(5-2,17-34-3)29-26(33)35-16-23-21-12-8-6-10-19(21)20-11-7-9-13-22(20)23/h6-13,18,23H,4-5,14-17H2,1-3H3,(H,28,32)(H,29,33)(H,30,31). The van der Waals surface area contributed by atoms with Gasteiger partial charge in [-0.3, -0.25) is 9.59 Å². The molecule has 0 heterocycles. The molecule has 1 aliphatic carbocycles. The zero-order chi connectivity index (χ0) is 25.4. The van der Waals surface area contributed by atoms with E-state index in [2.05, 4.69) is 22.8 Å². The molecule has 0 aromatic heterocycles. The quantitative estimate of drug-likeness (QED) is 0.422. The normalized spacial score (nSPS) is 14.8. The summed E-state index contributed by atoms with van der Waals surface area (Å²) < 4.78 is 10.9. The monoisotopic (exact) mass is 482 g/mol. The molecule has 35 heavy (non-hydrogen) atoms. The van der Waals surface area contributed by atoms with Crippen LogP contribution in [0, 0.1) is 5.92 Å². The van der Waals surface area contributed by atoms with Crippen molar-refractivity contribution in [1.29, 1.82) is 0 Å². The van der Waals surface area contributed by atoms with Crippen LogP contribution in [0.15, 0.2) is 48.5 Å². The van der Waals surface area contributed by atoms with Gasteiger partial charge in [0.2, 0.25) is 5.91 Å². The van der Waals surface area contributed by atoms with Gasteiger partial charge in [0.25, 0.3) is 0 Å². The Kier molecular flexibility index (Phi) is 8.87. The van der Waals surface area contributed by atoms with Crippen LogP contribution in [0.25, 0.3) is 11.1 Å². The number of benzene rings is 2. The molecule has 1 aliphatic rings. The number of hydrogen-bond acceptors (Lipinski definition) is 5. The van der Waals surface area contributed by atoms with E-state index in [9.17, 15) is 14.4 Å². The fourth-order valence-corrected chi connectivity index (χ4v) is 4.60.